The number of alkyl halides is 3. The third-order valence-corrected chi connectivity index (χ3v) is 5.85. The lowest BCUT2D eigenvalue weighted by Crippen LogP contribution is -2.21. The Bertz CT molecular complexity index is 1550. The Hall–Kier alpha value is -5.20. The summed E-state index contributed by atoms with van der Waals surface area (Å²) in [6, 6.07) is 20.1. The van der Waals surface area contributed by atoms with Gasteiger partial charge in [0.05, 0.1) is 23.0 Å². The van der Waals surface area contributed by atoms with Crippen LogP contribution in [0.1, 0.15) is 45.7 Å². The monoisotopic (exact) mass is 570 g/mol. The number of nitrogens with zero attached hydrogens (tertiary/aromatic N) is 2. The zero-order valence-corrected chi connectivity index (χ0v) is 21.6. The highest BCUT2D eigenvalue weighted by molar-refractivity contribution is 5.96. The number of para-hydroxylation sites is 1. The Balaban J connectivity index is 0.000000587. The average Bonchev–Trinajstić information content (AvgIpc) is 3.42. The lowest BCUT2D eigenvalue weighted by atomic mass is 9.99. The van der Waals surface area contributed by atoms with Gasteiger partial charge in [-0.3, -0.25) is 10.2 Å². The molecular formula is C28H26F4N6O3. The van der Waals surface area contributed by atoms with Crippen LogP contribution in [-0.2, 0) is 11.2 Å². The minimum atomic E-state index is -5.08. The standard InChI is InChI=1S/C26H25FN6O.C2HF3O2/c1-2-16-7-12-21(27)20(15-16)24(31-18-10-8-17(9-11-18)25(28)29)22-13-14-33(32-22)23-6-4-3-5-19(23)26(30)34;3-2(4,5)1(6)7/h3-15,24,31H,2H2,1H3,(H3,28,29)(H2,30,34);(H,6,7). The van der Waals surface area contributed by atoms with Gasteiger partial charge in [-0.1, -0.05) is 31.2 Å². The highest BCUT2D eigenvalue weighted by Crippen LogP contribution is 2.29. The van der Waals surface area contributed by atoms with E-state index in [1.807, 2.05) is 13.0 Å². The number of benzene rings is 3. The van der Waals surface area contributed by atoms with Crippen molar-refractivity contribution in [3.05, 3.63) is 113 Å². The maximum Gasteiger partial charge on any atom is 0.490 e. The first-order chi connectivity index (χ1) is 19.3. The smallest absolute Gasteiger partial charge is 0.475 e. The van der Waals surface area contributed by atoms with Crippen molar-refractivity contribution in [3.8, 4) is 5.69 Å². The maximum absolute atomic E-state index is 15.0. The number of carboxylic acid groups (broad SMARTS) is 1. The molecule has 3 aromatic carbocycles. The summed E-state index contributed by atoms with van der Waals surface area (Å²) in [5.41, 5.74) is 15.3. The van der Waals surface area contributed by atoms with Crippen LogP contribution in [0.3, 0.4) is 0 Å². The molecule has 214 valence electrons. The number of aromatic nitrogens is 2. The number of hydrogen-bond acceptors (Lipinski definition) is 5. The van der Waals surface area contributed by atoms with E-state index in [1.54, 1.807) is 71.5 Å². The summed E-state index contributed by atoms with van der Waals surface area (Å²) in [5.74, 6) is -3.71. The molecule has 0 aliphatic heterocycles. The van der Waals surface area contributed by atoms with Crippen LogP contribution in [0.2, 0.25) is 0 Å². The largest absolute Gasteiger partial charge is 0.490 e. The predicted molar refractivity (Wildman–Crippen MR) is 144 cm³/mol. The van der Waals surface area contributed by atoms with Gasteiger partial charge < -0.3 is 21.9 Å². The number of aryl methyl sites for hydroxylation is 1. The van der Waals surface area contributed by atoms with Crippen LogP contribution in [0.15, 0.2) is 79.0 Å². The molecule has 0 radical (unpaired) electrons. The number of anilines is 1. The zero-order chi connectivity index (χ0) is 30.3. The van der Waals surface area contributed by atoms with Gasteiger partial charge in [-0.2, -0.15) is 18.3 Å². The second kappa shape index (κ2) is 12.8. The van der Waals surface area contributed by atoms with Crippen LogP contribution in [-0.4, -0.2) is 38.8 Å². The van der Waals surface area contributed by atoms with Crippen molar-refractivity contribution in [2.45, 2.75) is 25.6 Å². The molecule has 1 atom stereocenters. The van der Waals surface area contributed by atoms with Crippen molar-refractivity contribution in [2.24, 2.45) is 11.5 Å². The molecule has 1 amide bonds. The first-order valence-corrected chi connectivity index (χ1v) is 12.1. The lowest BCUT2D eigenvalue weighted by Gasteiger charge is -2.20. The fourth-order valence-corrected chi connectivity index (χ4v) is 3.77. The van der Waals surface area contributed by atoms with E-state index in [0.29, 0.717) is 33.8 Å². The number of halogens is 4. The molecule has 4 rings (SSSR count). The number of primary amides is 1. The fraction of sp³-hybridized carbons (Fsp3) is 0.143. The van der Waals surface area contributed by atoms with Gasteiger partial charge in [0, 0.05) is 23.0 Å². The molecule has 1 aromatic heterocycles. The van der Waals surface area contributed by atoms with Gasteiger partial charge in [-0.25, -0.2) is 13.9 Å². The summed E-state index contributed by atoms with van der Waals surface area (Å²) in [5, 5.41) is 22.7. The van der Waals surface area contributed by atoms with Crippen LogP contribution in [0.25, 0.3) is 5.69 Å². The number of amides is 1. The minimum absolute atomic E-state index is 0.0309. The fourth-order valence-electron chi connectivity index (χ4n) is 3.77. The second-order valence-corrected chi connectivity index (χ2v) is 8.65. The van der Waals surface area contributed by atoms with Gasteiger partial charge in [0.1, 0.15) is 11.7 Å². The van der Waals surface area contributed by atoms with E-state index >= 15 is 4.39 Å². The van der Waals surface area contributed by atoms with Crippen molar-refractivity contribution < 1.29 is 32.3 Å². The number of amidine groups is 1. The van der Waals surface area contributed by atoms with Crippen LogP contribution in [0.4, 0.5) is 23.2 Å². The third kappa shape index (κ3) is 7.68. The molecule has 9 nitrogen and oxygen atoms in total. The summed E-state index contributed by atoms with van der Waals surface area (Å²) < 4.78 is 48.3. The Morgan fingerprint density at radius 3 is 2.24 bits per heavy atom. The van der Waals surface area contributed by atoms with E-state index in [2.05, 4.69) is 10.4 Å². The number of nitrogen functional groups attached to an aromatic ring is 1. The molecular weight excluding hydrogens is 544 g/mol. The summed E-state index contributed by atoms with van der Waals surface area (Å²) in [4.78, 5) is 20.8. The molecule has 1 unspecified atom stereocenters. The highest BCUT2D eigenvalue weighted by atomic mass is 19.4. The normalized spacial score (nSPS) is 11.6. The third-order valence-electron chi connectivity index (χ3n) is 5.85. The highest BCUT2D eigenvalue weighted by Gasteiger charge is 2.38. The molecule has 0 aliphatic carbocycles. The van der Waals surface area contributed by atoms with E-state index in [9.17, 15) is 18.0 Å². The Morgan fingerprint density at radius 1 is 1.05 bits per heavy atom. The zero-order valence-electron chi connectivity index (χ0n) is 21.6. The van der Waals surface area contributed by atoms with E-state index in [-0.39, 0.29) is 11.7 Å². The van der Waals surface area contributed by atoms with E-state index in [4.69, 9.17) is 26.8 Å². The molecule has 4 aromatic rings. The average molecular weight is 571 g/mol. The van der Waals surface area contributed by atoms with Crippen LogP contribution >= 0.6 is 0 Å². The van der Waals surface area contributed by atoms with E-state index in [1.165, 1.54) is 6.07 Å². The van der Waals surface area contributed by atoms with Crippen LogP contribution in [0, 0.1) is 11.2 Å². The molecule has 1 heterocycles. The molecule has 0 saturated carbocycles. The van der Waals surface area contributed by atoms with Gasteiger partial charge in [0.2, 0.25) is 0 Å². The van der Waals surface area contributed by atoms with Crippen LogP contribution < -0.4 is 16.8 Å². The topological polar surface area (TPSA) is 160 Å². The Morgan fingerprint density at radius 2 is 1.68 bits per heavy atom. The first-order valence-electron chi connectivity index (χ1n) is 12.1. The summed E-state index contributed by atoms with van der Waals surface area (Å²) in [7, 11) is 0. The lowest BCUT2D eigenvalue weighted by molar-refractivity contribution is -0.192. The maximum atomic E-state index is 15.0. The minimum Gasteiger partial charge on any atom is -0.475 e. The quantitative estimate of drug-likeness (QED) is 0.116. The molecule has 7 N–H and O–H groups in total. The number of nitrogens with one attached hydrogen (secondary N) is 2. The van der Waals surface area contributed by atoms with Gasteiger partial charge >= 0.3 is 12.1 Å². The molecule has 0 bridgehead atoms. The number of carbonyl (C=O) groups is 2. The molecule has 0 spiro atoms. The Labute approximate surface area is 231 Å². The van der Waals surface area contributed by atoms with Crippen molar-refractivity contribution in [1.82, 2.24) is 9.78 Å². The van der Waals surface area contributed by atoms with Gasteiger partial charge in [-0.05, 0) is 60.5 Å². The van der Waals surface area contributed by atoms with Gasteiger partial charge in [-0.15, -0.1) is 0 Å². The number of hydrogen-bond donors (Lipinski definition) is 5. The number of rotatable bonds is 8. The van der Waals surface area contributed by atoms with Gasteiger partial charge in [0.25, 0.3) is 5.91 Å². The number of carbonyl (C=O) groups excluding carboxylic acids is 1. The molecule has 0 aliphatic rings. The SMILES string of the molecule is CCc1ccc(F)c(C(Nc2ccc(C(=N)N)cc2)c2ccn(-c3ccccc3C(N)=O)n2)c1.O=C(O)C(F)(F)F. The first kappa shape index (κ1) is 30.3. The van der Waals surface area contributed by atoms with E-state index in [0.717, 1.165) is 12.0 Å². The summed E-state index contributed by atoms with van der Waals surface area (Å²) >= 11 is 0. The molecule has 0 saturated heterocycles. The number of aliphatic carboxylic acids is 1. The molecule has 13 heteroatoms. The van der Waals surface area contributed by atoms with Crippen LogP contribution in [0.5, 0.6) is 0 Å². The summed E-state index contributed by atoms with van der Waals surface area (Å²) in [6.07, 6.45) is -2.61. The second-order valence-electron chi connectivity index (χ2n) is 8.65. The van der Waals surface area contributed by atoms with Gasteiger partial charge in [0.15, 0.2) is 0 Å². The molecule has 41 heavy (non-hydrogen) atoms. The van der Waals surface area contributed by atoms with Crippen molar-refractivity contribution in [2.75, 3.05) is 5.32 Å². The number of nitrogens with two attached hydrogens (primary N) is 2. The van der Waals surface area contributed by atoms with Crippen molar-refractivity contribution in [3.63, 3.8) is 0 Å². The number of carboxylic acids is 1. The summed E-state index contributed by atoms with van der Waals surface area (Å²) in [6.45, 7) is 2.01. The predicted octanol–water partition coefficient (Wildman–Crippen LogP) is 4.79. The molecule has 0 fully saturated rings. The van der Waals surface area contributed by atoms with E-state index < -0.39 is 24.1 Å². The van der Waals surface area contributed by atoms with Crippen molar-refractivity contribution in [1.29, 1.82) is 5.41 Å². The van der Waals surface area contributed by atoms with Crippen molar-refractivity contribution >= 4 is 23.4 Å². The Kier molecular flexibility index (Phi) is 9.45.